The molecule has 0 spiro atoms. The third-order valence-electron chi connectivity index (χ3n) is 6.87. The van der Waals surface area contributed by atoms with E-state index in [9.17, 15) is 5.26 Å². The lowest BCUT2D eigenvalue weighted by Gasteiger charge is -2.27. The van der Waals surface area contributed by atoms with Gasteiger partial charge in [0.05, 0.1) is 43.7 Å². The zero-order valence-electron chi connectivity index (χ0n) is 25.1. The van der Waals surface area contributed by atoms with E-state index in [-0.39, 0.29) is 25.1 Å². The summed E-state index contributed by atoms with van der Waals surface area (Å²) in [5.41, 5.74) is 3.62. The van der Waals surface area contributed by atoms with Crippen LogP contribution in [0, 0.1) is 17.1 Å². The van der Waals surface area contributed by atoms with E-state index in [4.69, 9.17) is 19.2 Å². The maximum Gasteiger partial charge on any atom is 0.170 e. The van der Waals surface area contributed by atoms with Gasteiger partial charge >= 0.3 is 0 Å². The topological polar surface area (TPSA) is 72.5 Å². The van der Waals surface area contributed by atoms with Crippen LogP contribution in [0.3, 0.4) is 0 Å². The average Bonchev–Trinajstić information content (AvgIpc) is 3.46. The second-order valence-corrected chi connectivity index (χ2v) is 10.4. The largest absolute Gasteiger partial charge is 0.494 e. The molecule has 5 aromatic rings. The van der Waals surface area contributed by atoms with Gasteiger partial charge in [0.1, 0.15) is 24.1 Å². The Bertz CT molecular complexity index is 1700. The van der Waals surface area contributed by atoms with Gasteiger partial charge in [-0.3, -0.25) is 4.57 Å². The van der Waals surface area contributed by atoms with Crippen LogP contribution in [-0.2, 0) is 24.6 Å². The van der Waals surface area contributed by atoms with Gasteiger partial charge in [0, 0.05) is 22.9 Å². The number of nitrogens with zero attached hydrogens (tertiary/aromatic N) is 4. The van der Waals surface area contributed by atoms with Crippen molar-refractivity contribution in [2.45, 2.75) is 46.8 Å². The summed E-state index contributed by atoms with van der Waals surface area (Å²) in [6.07, 6.45) is 1.54. The predicted octanol–water partition coefficient (Wildman–Crippen LogP) is 8.26. The van der Waals surface area contributed by atoms with Gasteiger partial charge in [-0.05, 0) is 56.7 Å². The minimum atomic E-state index is -0.463. The fraction of sp³-hybridized carbons (Fsp3) is 0.222. The molecule has 224 valence electrons. The van der Waals surface area contributed by atoms with E-state index < -0.39 is 5.82 Å². The Morgan fingerprint density at radius 1 is 0.955 bits per heavy atom. The van der Waals surface area contributed by atoms with Crippen molar-refractivity contribution in [3.63, 3.8) is 0 Å². The molecule has 7 nitrogen and oxygen atoms in total. The third kappa shape index (κ3) is 7.25. The SMILES string of the molecule is CCOc1cc(CN(c2ccc(C#N)cc2)c2cnc(-c3ccccc3)n2COCc2ccccc2)c(F)c(OC(C)C)c1. The number of hydrogen-bond acceptors (Lipinski definition) is 6. The lowest BCUT2D eigenvalue weighted by atomic mass is 10.1. The molecule has 0 atom stereocenters. The van der Waals surface area contributed by atoms with E-state index in [0.717, 1.165) is 16.8 Å². The molecular formula is C36H35FN4O3. The fourth-order valence-corrected chi connectivity index (χ4v) is 4.88. The molecule has 0 saturated heterocycles. The lowest BCUT2D eigenvalue weighted by molar-refractivity contribution is 0.0658. The minimum absolute atomic E-state index is 0.130. The van der Waals surface area contributed by atoms with E-state index in [1.165, 1.54) is 0 Å². The fourth-order valence-electron chi connectivity index (χ4n) is 4.88. The second-order valence-electron chi connectivity index (χ2n) is 10.4. The predicted molar refractivity (Wildman–Crippen MR) is 169 cm³/mol. The van der Waals surface area contributed by atoms with Crippen LogP contribution >= 0.6 is 0 Å². The van der Waals surface area contributed by atoms with Gasteiger partial charge in [0.2, 0.25) is 0 Å². The number of aromatic nitrogens is 2. The highest BCUT2D eigenvalue weighted by molar-refractivity contribution is 5.66. The summed E-state index contributed by atoms with van der Waals surface area (Å²) < 4.78 is 35.8. The van der Waals surface area contributed by atoms with Crippen LogP contribution < -0.4 is 14.4 Å². The first-order valence-corrected chi connectivity index (χ1v) is 14.6. The number of anilines is 2. The molecule has 44 heavy (non-hydrogen) atoms. The highest BCUT2D eigenvalue weighted by Crippen LogP contribution is 2.35. The van der Waals surface area contributed by atoms with Crippen LogP contribution in [0.15, 0.2) is 103 Å². The highest BCUT2D eigenvalue weighted by Gasteiger charge is 2.23. The molecule has 8 heteroatoms. The molecule has 0 radical (unpaired) electrons. The van der Waals surface area contributed by atoms with Gasteiger partial charge in [0.25, 0.3) is 0 Å². The van der Waals surface area contributed by atoms with Crippen molar-refractivity contribution in [3.05, 3.63) is 126 Å². The van der Waals surface area contributed by atoms with Gasteiger partial charge in [-0.2, -0.15) is 5.26 Å². The number of hydrogen-bond donors (Lipinski definition) is 0. The summed E-state index contributed by atoms with van der Waals surface area (Å²) in [6.45, 7) is 6.76. The molecule has 4 aromatic carbocycles. The second kappa shape index (κ2) is 14.4. The van der Waals surface area contributed by atoms with Crippen LogP contribution in [-0.4, -0.2) is 22.3 Å². The molecule has 0 amide bonds. The maximum atomic E-state index is 16.0. The molecule has 1 aromatic heterocycles. The number of ether oxygens (including phenoxy) is 3. The summed E-state index contributed by atoms with van der Waals surface area (Å²) in [4.78, 5) is 6.76. The Balaban J connectivity index is 1.60. The molecule has 0 N–H and O–H groups in total. The number of rotatable bonds is 13. The van der Waals surface area contributed by atoms with Crippen LogP contribution in [0.25, 0.3) is 11.4 Å². The van der Waals surface area contributed by atoms with Gasteiger partial charge in [-0.1, -0.05) is 60.7 Å². The Morgan fingerprint density at radius 3 is 2.32 bits per heavy atom. The van der Waals surface area contributed by atoms with E-state index in [2.05, 4.69) is 6.07 Å². The summed E-state index contributed by atoms with van der Waals surface area (Å²) >= 11 is 0. The Labute approximate surface area is 257 Å². The van der Waals surface area contributed by atoms with Gasteiger partial charge in [0.15, 0.2) is 11.6 Å². The van der Waals surface area contributed by atoms with Gasteiger partial charge < -0.3 is 19.1 Å². The number of benzene rings is 4. The van der Waals surface area contributed by atoms with Crippen LogP contribution in [0.4, 0.5) is 15.9 Å². The Morgan fingerprint density at radius 2 is 1.66 bits per heavy atom. The van der Waals surface area contributed by atoms with E-state index in [1.54, 1.807) is 30.5 Å². The van der Waals surface area contributed by atoms with Crippen molar-refractivity contribution < 1.29 is 18.6 Å². The monoisotopic (exact) mass is 590 g/mol. The van der Waals surface area contributed by atoms with Gasteiger partial charge in [-0.15, -0.1) is 0 Å². The van der Waals surface area contributed by atoms with Crippen LogP contribution in [0.1, 0.15) is 37.5 Å². The van der Waals surface area contributed by atoms with Crippen LogP contribution in [0.5, 0.6) is 11.5 Å². The smallest absolute Gasteiger partial charge is 0.170 e. The standard InChI is InChI=1S/C36H35FN4O3/c1-4-43-32-19-30(35(37)33(20-32)44-26(2)3)23-40(31-17-15-27(21-38)16-18-31)34-22-39-36(29-13-9-6-10-14-29)41(34)25-42-24-28-11-7-5-8-12-28/h5-20,22,26H,4,23-25H2,1-3H3. The number of halogens is 1. The molecule has 0 saturated carbocycles. The van der Waals surface area contributed by atoms with Crippen molar-refractivity contribution in [1.29, 1.82) is 5.26 Å². The van der Waals surface area contributed by atoms with Crippen LogP contribution in [0.2, 0.25) is 0 Å². The molecule has 0 aliphatic carbocycles. The summed E-state index contributed by atoms with van der Waals surface area (Å²) in [7, 11) is 0. The van der Waals surface area contributed by atoms with Gasteiger partial charge in [-0.25, -0.2) is 9.37 Å². The molecule has 0 fully saturated rings. The lowest BCUT2D eigenvalue weighted by Crippen LogP contribution is -2.22. The average molecular weight is 591 g/mol. The quantitative estimate of drug-likeness (QED) is 0.137. The highest BCUT2D eigenvalue weighted by atomic mass is 19.1. The normalized spacial score (nSPS) is 10.9. The zero-order valence-corrected chi connectivity index (χ0v) is 25.1. The Hall–Kier alpha value is -5.13. The first-order valence-electron chi connectivity index (χ1n) is 14.6. The molecule has 5 rings (SSSR count). The summed E-state index contributed by atoms with van der Waals surface area (Å²) in [5.74, 6) is 1.58. The minimum Gasteiger partial charge on any atom is -0.494 e. The maximum absolute atomic E-state index is 16.0. The molecule has 0 aliphatic heterocycles. The van der Waals surface area contributed by atoms with Crippen molar-refractivity contribution in [2.24, 2.45) is 0 Å². The van der Waals surface area contributed by atoms with E-state index in [0.29, 0.717) is 41.7 Å². The number of nitriles is 1. The van der Waals surface area contributed by atoms with Crippen molar-refractivity contribution in [1.82, 2.24) is 9.55 Å². The van der Waals surface area contributed by atoms with E-state index >= 15 is 4.39 Å². The molecular weight excluding hydrogens is 555 g/mol. The Kier molecular flexibility index (Phi) is 9.90. The van der Waals surface area contributed by atoms with Crippen molar-refractivity contribution >= 4 is 11.5 Å². The first-order chi connectivity index (χ1) is 21.5. The molecule has 1 heterocycles. The van der Waals surface area contributed by atoms with Crippen molar-refractivity contribution in [3.8, 4) is 29.0 Å². The molecule has 0 aliphatic rings. The molecule has 0 bridgehead atoms. The first kappa shape index (κ1) is 30.3. The number of imidazole rings is 1. The zero-order chi connectivity index (χ0) is 30.9. The third-order valence-corrected chi connectivity index (χ3v) is 6.87. The van der Waals surface area contributed by atoms with E-state index in [1.807, 2.05) is 103 Å². The summed E-state index contributed by atoms with van der Waals surface area (Å²) in [6, 6.07) is 32.5. The van der Waals surface area contributed by atoms with Crippen molar-refractivity contribution in [2.75, 3.05) is 11.5 Å². The molecule has 0 unspecified atom stereocenters. The summed E-state index contributed by atoms with van der Waals surface area (Å²) in [5, 5.41) is 9.43.